The third-order valence-electron chi connectivity index (χ3n) is 3.78. The SMILES string of the molecule is Cc1ccc(S(=O)(=O)NC(=O)Nc2ccccc2C2CC2)cc1. The first-order chi connectivity index (χ1) is 11.0. The highest BCUT2D eigenvalue weighted by Crippen LogP contribution is 2.43. The van der Waals surface area contributed by atoms with Gasteiger partial charge >= 0.3 is 6.03 Å². The lowest BCUT2D eigenvalue weighted by Crippen LogP contribution is -2.34. The lowest BCUT2D eigenvalue weighted by atomic mass is 10.1. The minimum Gasteiger partial charge on any atom is -0.307 e. The molecule has 0 aromatic heterocycles. The van der Waals surface area contributed by atoms with E-state index >= 15 is 0 Å². The Kier molecular flexibility index (Phi) is 4.09. The van der Waals surface area contributed by atoms with E-state index in [0.717, 1.165) is 24.0 Å². The topological polar surface area (TPSA) is 75.3 Å². The van der Waals surface area contributed by atoms with Crippen molar-refractivity contribution in [2.24, 2.45) is 0 Å². The molecule has 0 aliphatic heterocycles. The summed E-state index contributed by atoms with van der Waals surface area (Å²) in [7, 11) is -3.88. The normalized spacial score (nSPS) is 14.3. The first-order valence-corrected chi connectivity index (χ1v) is 8.93. The summed E-state index contributed by atoms with van der Waals surface area (Å²) >= 11 is 0. The van der Waals surface area contributed by atoms with Gasteiger partial charge in [0.1, 0.15) is 0 Å². The molecule has 1 aliphatic carbocycles. The van der Waals surface area contributed by atoms with Crippen molar-refractivity contribution in [3.63, 3.8) is 0 Å². The van der Waals surface area contributed by atoms with Crippen molar-refractivity contribution in [3.05, 3.63) is 59.7 Å². The molecule has 1 fully saturated rings. The van der Waals surface area contributed by atoms with E-state index in [2.05, 4.69) is 5.32 Å². The van der Waals surface area contributed by atoms with E-state index in [4.69, 9.17) is 0 Å². The molecule has 1 aliphatic rings. The smallest absolute Gasteiger partial charge is 0.307 e. The van der Waals surface area contributed by atoms with Crippen LogP contribution in [-0.4, -0.2) is 14.4 Å². The maximum Gasteiger partial charge on any atom is 0.333 e. The maximum atomic E-state index is 12.2. The second kappa shape index (κ2) is 6.04. The van der Waals surface area contributed by atoms with E-state index in [1.165, 1.54) is 12.1 Å². The average Bonchev–Trinajstić information content (AvgIpc) is 3.32. The van der Waals surface area contributed by atoms with Crippen molar-refractivity contribution in [1.82, 2.24) is 4.72 Å². The lowest BCUT2D eigenvalue weighted by molar-refractivity contribution is 0.256. The number of hydrogen-bond donors (Lipinski definition) is 2. The molecule has 2 aromatic carbocycles. The maximum absolute atomic E-state index is 12.2. The third kappa shape index (κ3) is 3.71. The fourth-order valence-corrected chi connectivity index (χ4v) is 3.31. The Morgan fingerprint density at radius 2 is 1.70 bits per heavy atom. The largest absolute Gasteiger partial charge is 0.333 e. The number of aryl methyl sites for hydroxylation is 1. The molecule has 0 heterocycles. The van der Waals surface area contributed by atoms with Crippen molar-refractivity contribution in [1.29, 1.82) is 0 Å². The number of para-hydroxylation sites is 1. The molecule has 0 radical (unpaired) electrons. The molecule has 23 heavy (non-hydrogen) atoms. The first kappa shape index (κ1) is 15.6. The van der Waals surface area contributed by atoms with Crippen molar-refractivity contribution in [2.45, 2.75) is 30.6 Å². The third-order valence-corrected chi connectivity index (χ3v) is 5.13. The minimum absolute atomic E-state index is 0.0636. The predicted molar refractivity (Wildman–Crippen MR) is 88.9 cm³/mol. The second-order valence-electron chi connectivity index (χ2n) is 5.73. The van der Waals surface area contributed by atoms with E-state index in [1.807, 2.05) is 29.8 Å². The number of hydrogen-bond acceptors (Lipinski definition) is 3. The van der Waals surface area contributed by atoms with E-state index in [9.17, 15) is 13.2 Å². The molecule has 0 saturated heterocycles. The number of anilines is 1. The molecule has 0 spiro atoms. The summed E-state index contributed by atoms with van der Waals surface area (Å²) in [6.45, 7) is 1.87. The second-order valence-corrected chi connectivity index (χ2v) is 7.42. The van der Waals surface area contributed by atoms with Crippen LogP contribution in [0.3, 0.4) is 0 Å². The Hall–Kier alpha value is -2.34. The summed E-state index contributed by atoms with van der Waals surface area (Å²) in [6, 6.07) is 13.1. The first-order valence-electron chi connectivity index (χ1n) is 7.45. The van der Waals surface area contributed by atoms with E-state index in [-0.39, 0.29) is 4.90 Å². The summed E-state index contributed by atoms with van der Waals surface area (Å²) in [5.41, 5.74) is 2.66. The fraction of sp³-hybridized carbons (Fsp3) is 0.235. The standard InChI is InChI=1S/C17H18N2O3S/c1-12-6-10-14(11-7-12)23(21,22)19-17(20)18-16-5-3-2-4-15(16)13-8-9-13/h2-7,10-11,13H,8-9H2,1H3,(H2,18,19,20). The fourth-order valence-electron chi connectivity index (χ4n) is 2.41. The van der Waals surface area contributed by atoms with Crippen LogP contribution < -0.4 is 10.0 Å². The van der Waals surface area contributed by atoms with Gasteiger partial charge in [0.05, 0.1) is 4.90 Å². The van der Waals surface area contributed by atoms with Crippen LogP contribution in [0.5, 0.6) is 0 Å². The van der Waals surface area contributed by atoms with Gasteiger partial charge in [-0.3, -0.25) is 0 Å². The monoisotopic (exact) mass is 330 g/mol. The van der Waals surface area contributed by atoms with Gasteiger partial charge in [-0.25, -0.2) is 17.9 Å². The molecular formula is C17H18N2O3S. The Balaban J connectivity index is 1.73. The van der Waals surface area contributed by atoms with Crippen LogP contribution in [0.15, 0.2) is 53.4 Å². The highest BCUT2D eigenvalue weighted by atomic mass is 32.2. The number of urea groups is 1. The Morgan fingerprint density at radius 1 is 1.04 bits per heavy atom. The van der Waals surface area contributed by atoms with E-state index < -0.39 is 16.1 Å². The molecule has 2 amide bonds. The number of rotatable bonds is 4. The van der Waals surface area contributed by atoms with Gasteiger partial charge in [-0.15, -0.1) is 0 Å². The van der Waals surface area contributed by atoms with Gasteiger partial charge < -0.3 is 5.32 Å². The van der Waals surface area contributed by atoms with Gasteiger partial charge in [0.15, 0.2) is 0 Å². The van der Waals surface area contributed by atoms with Crippen LogP contribution in [0.1, 0.15) is 29.9 Å². The summed E-state index contributed by atoms with van der Waals surface area (Å²) in [6.07, 6.45) is 2.20. The van der Waals surface area contributed by atoms with Gasteiger partial charge in [0, 0.05) is 5.69 Å². The Bertz CT molecular complexity index is 825. The molecule has 2 N–H and O–H groups in total. The summed E-state index contributed by atoms with van der Waals surface area (Å²) < 4.78 is 26.5. The summed E-state index contributed by atoms with van der Waals surface area (Å²) in [5.74, 6) is 0.459. The van der Waals surface area contributed by atoms with Gasteiger partial charge in [0.25, 0.3) is 10.0 Å². The highest BCUT2D eigenvalue weighted by Gasteiger charge is 2.26. The van der Waals surface area contributed by atoms with Crippen LogP contribution in [0, 0.1) is 6.92 Å². The quantitative estimate of drug-likeness (QED) is 0.902. The molecule has 120 valence electrons. The molecule has 5 nitrogen and oxygen atoms in total. The number of carbonyl (C=O) groups is 1. The lowest BCUT2D eigenvalue weighted by Gasteiger charge is -2.12. The number of amides is 2. The van der Waals surface area contributed by atoms with Crippen molar-refractivity contribution in [2.75, 3.05) is 5.32 Å². The molecule has 0 atom stereocenters. The van der Waals surface area contributed by atoms with E-state index in [0.29, 0.717) is 11.6 Å². The average molecular weight is 330 g/mol. The zero-order valence-corrected chi connectivity index (χ0v) is 13.6. The zero-order chi connectivity index (χ0) is 16.4. The Labute approximate surface area is 135 Å². The summed E-state index contributed by atoms with van der Waals surface area (Å²) in [4.78, 5) is 12.1. The number of carbonyl (C=O) groups excluding carboxylic acids is 1. The number of benzene rings is 2. The number of sulfonamides is 1. The van der Waals surface area contributed by atoms with Crippen molar-refractivity contribution < 1.29 is 13.2 Å². The van der Waals surface area contributed by atoms with Crippen molar-refractivity contribution >= 4 is 21.7 Å². The predicted octanol–water partition coefficient (Wildman–Crippen LogP) is 3.38. The number of nitrogens with one attached hydrogen (secondary N) is 2. The molecule has 6 heteroatoms. The van der Waals surface area contributed by atoms with Crippen LogP contribution >= 0.6 is 0 Å². The molecule has 0 unspecified atom stereocenters. The van der Waals surface area contributed by atoms with Gasteiger partial charge in [-0.2, -0.15) is 0 Å². The molecular weight excluding hydrogens is 312 g/mol. The van der Waals surface area contributed by atoms with Gasteiger partial charge in [-0.1, -0.05) is 35.9 Å². The minimum atomic E-state index is -3.88. The van der Waals surface area contributed by atoms with Crippen LogP contribution in [0.4, 0.5) is 10.5 Å². The van der Waals surface area contributed by atoms with Crippen LogP contribution in [0.2, 0.25) is 0 Å². The molecule has 1 saturated carbocycles. The summed E-state index contributed by atoms with van der Waals surface area (Å²) in [5, 5.41) is 2.64. The zero-order valence-electron chi connectivity index (χ0n) is 12.7. The van der Waals surface area contributed by atoms with E-state index in [1.54, 1.807) is 18.2 Å². The van der Waals surface area contributed by atoms with Gasteiger partial charge in [0.2, 0.25) is 0 Å². The molecule has 3 rings (SSSR count). The van der Waals surface area contributed by atoms with Gasteiger partial charge in [-0.05, 0) is 49.4 Å². The van der Waals surface area contributed by atoms with Crippen molar-refractivity contribution in [3.8, 4) is 0 Å². The van der Waals surface area contributed by atoms with Crippen LogP contribution in [0.25, 0.3) is 0 Å². The molecule has 2 aromatic rings. The molecule has 0 bridgehead atoms. The van der Waals surface area contributed by atoms with Crippen LogP contribution in [-0.2, 0) is 10.0 Å². The Morgan fingerprint density at radius 3 is 2.35 bits per heavy atom. The highest BCUT2D eigenvalue weighted by molar-refractivity contribution is 7.90.